The van der Waals surface area contributed by atoms with Crippen molar-refractivity contribution in [2.45, 2.75) is 63.8 Å². The van der Waals surface area contributed by atoms with Gasteiger partial charge in [0.05, 0.1) is 0 Å². The summed E-state index contributed by atoms with van der Waals surface area (Å²) in [4.78, 5) is 37.8. The SMILES string of the molecule is C[C@H](NCc1ccc2c(c1)CN(C1CCC(=O)NC1=O)C2=O)[C@@H]1CCCN1. The van der Waals surface area contributed by atoms with Crippen LogP contribution in [0, 0.1) is 0 Å². The molecule has 1 aromatic rings. The van der Waals surface area contributed by atoms with Crippen LogP contribution in [0.5, 0.6) is 0 Å². The van der Waals surface area contributed by atoms with E-state index in [1.807, 2.05) is 12.1 Å². The number of rotatable bonds is 5. The first kappa shape index (κ1) is 18.1. The van der Waals surface area contributed by atoms with E-state index in [0.29, 0.717) is 30.6 Å². The highest BCUT2D eigenvalue weighted by molar-refractivity contribution is 6.05. The smallest absolute Gasteiger partial charge is 0.255 e. The van der Waals surface area contributed by atoms with E-state index in [0.717, 1.165) is 24.2 Å². The van der Waals surface area contributed by atoms with Gasteiger partial charge in [0.1, 0.15) is 6.04 Å². The molecule has 2 fully saturated rings. The number of fused-ring (bicyclic) bond motifs is 1. The van der Waals surface area contributed by atoms with Gasteiger partial charge in [-0.25, -0.2) is 0 Å². The molecule has 27 heavy (non-hydrogen) atoms. The predicted octanol–water partition coefficient (Wildman–Crippen LogP) is 0.678. The monoisotopic (exact) mass is 370 g/mol. The van der Waals surface area contributed by atoms with E-state index in [-0.39, 0.29) is 24.1 Å². The minimum Gasteiger partial charge on any atom is -0.322 e. The topological polar surface area (TPSA) is 90.5 Å². The molecular formula is C20H26N4O3. The summed E-state index contributed by atoms with van der Waals surface area (Å²) in [5, 5.41) is 9.42. The molecular weight excluding hydrogens is 344 g/mol. The fourth-order valence-electron chi connectivity index (χ4n) is 4.30. The molecule has 7 heteroatoms. The quantitative estimate of drug-likeness (QED) is 0.663. The maximum atomic E-state index is 12.7. The minimum absolute atomic E-state index is 0.123. The molecule has 144 valence electrons. The number of nitrogens with zero attached hydrogens (tertiary/aromatic N) is 1. The highest BCUT2D eigenvalue weighted by atomic mass is 16.2. The van der Waals surface area contributed by atoms with Crippen LogP contribution in [0.2, 0.25) is 0 Å². The third-order valence-corrected chi connectivity index (χ3v) is 5.92. The average Bonchev–Trinajstić information content (AvgIpc) is 3.29. The summed E-state index contributed by atoms with van der Waals surface area (Å²) >= 11 is 0. The summed E-state index contributed by atoms with van der Waals surface area (Å²) in [5.41, 5.74) is 2.75. The largest absolute Gasteiger partial charge is 0.322 e. The fraction of sp³-hybridized carbons (Fsp3) is 0.550. The van der Waals surface area contributed by atoms with E-state index in [9.17, 15) is 14.4 Å². The Labute approximate surface area is 158 Å². The predicted molar refractivity (Wildman–Crippen MR) is 99.8 cm³/mol. The third-order valence-electron chi connectivity index (χ3n) is 5.92. The molecule has 1 aromatic carbocycles. The second-order valence-electron chi connectivity index (χ2n) is 7.76. The lowest BCUT2D eigenvalue weighted by molar-refractivity contribution is -0.136. The number of nitrogens with one attached hydrogen (secondary N) is 3. The van der Waals surface area contributed by atoms with Crippen LogP contribution in [-0.2, 0) is 22.7 Å². The molecule has 0 saturated carbocycles. The van der Waals surface area contributed by atoms with Gasteiger partial charge in [-0.2, -0.15) is 0 Å². The van der Waals surface area contributed by atoms with E-state index in [2.05, 4.69) is 28.9 Å². The van der Waals surface area contributed by atoms with Crippen LogP contribution in [0.3, 0.4) is 0 Å². The first-order valence-electron chi connectivity index (χ1n) is 9.76. The molecule has 3 heterocycles. The lowest BCUT2D eigenvalue weighted by atomic mass is 10.0. The van der Waals surface area contributed by atoms with Crippen molar-refractivity contribution >= 4 is 17.7 Å². The number of imide groups is 1. The molecule has 3 amide bonds. The maximum absolute atomic E-state index is 12.7. The fourth-order valence-corrected chi connectivity index (χ4v) is 4.30. The Hall–Kier alpha value is -2.25. The van der Waals surface area contributed by atoms with Crippen LogP contribution < -0.4 is 16.0 Å². The summed E-state index contributed by atoms with van der Waals surface area (Å²) in [6, 6.07) is 6.25. The number of piperidine rings is 1. The van der Waals surface area contributed by atoms with Crippen molar-refractivity contribution in [1.29, 1.82) is 0 Å². The Balaban J connectivity index is 1.41. The van der Waals surface area contributed by atoms with E-state index in [1.165, 1.54) is 12.8 Å². The normalized spacial score (nSPS) is 26.3. The van der Waals surface area contributed by atoms with Gasteiger partial charge in [-0.1, -0.05) is 12.1 Å². The lowest BCUT2D eigenvalue weighted by Gasteiger charge is -2.29. The molecule has 0 radical (unpaired) electrons. The van der Waals surface area contributed by atoms with E-state index in [1.54, 1.807) is 4.90 Å². The van der Waals surface area contributed by atoms with Crippen LogP contribution in [0.15, 0.2) is 18.2 Å². The Morgan fingerprint density at radius 2 is 2.11 bits per heavy atom. The molecule has 3 atom stereocenters. The number of carbonyl (C=O) groups excluding carboxylic acids is 3. The molecule has 1 unspecified atom stereocenters. The van der Waals surface area contributed by atoms with Gasteiger partial charge in [-0.3, -0.25) is 19.7 Å². The third kappa shape index (κ3) is 3.61. The van der Waals surface area contributed by atoms with Crippen LogP contribution >= 0.6 is 0 Å². The first-order valence-corrected chi connectivity index (χ1v) is 9.76. The molecule has 0 spiro atoms. The molecule has 0 aromatic heterocycles. The molecule has 7 nitrogen and oxygen atoms in total. The highest BCUT2D eigenvalue weighted by Crippen LogP contribution is 2.28. The van der Waals surface area contributed by atoms with Crippen molar-refractivity contribution in [3.8, 4) is 0 Å². The van der Waals surface area contributed by atoms with Gasteiger partial charge in [0.25, 0.3) is 5.91 Å². The van der Waals surface area contributed by atoms with Crippen LogP contribution in [0.1, 0.15) is 54.1 Å². The van der Waals surface area contributed by atoms with Crippen molar-refractivity contribution in [3.63, 3.8) is 0 Å². The van der Waals surface area contributed by atoms with Crippen molar-refractivity contribution in [2.24, 2.45) is 0 Å². The van der Waals surface area contributed by atoms with Gasteiger partial charge in [0, 0.05) is 37.2 Å². The zero-order chi connectivity index (χ0) is 19.0. The van der Waals surface area contributed by atoms with Crippen LogP contribution in [0.25, 0.3) is 0 Å². The zero-order valence-corrected chi connectivity index (χ0v) is 15.6. The van der Waals surface area contributed by atoms with Crippen molar-refractivity contribution in [3.05, 3.63) is 34.9 Å². The van der Waals surface area contributed by atoms with Gasteiger partial charge < -0.3 is 15.5 Å². The summed E-state index contributed by atoms with van der Waals surface area (Å²) in [6.45, 7) is 4.46. The van der Waals surface area contributed by atoms with Crippen LogP contribution in [-0.4, -0.2) is 47.3 Å². The maximum Gasteiger partial charge on any atom is 0.255 e. The molecule has 0 aliphatic carbocycles. The van der Waals surface area contributed by atoms with Gasteiger partial charge in [0.15, 0.2) is 0 Å². The lowest BCUT2D eigenvalue weighted by Crippen LogP contribution is -2.52. The van der Waals surface area contributed by atoms with E-state index in [4.69, 9.17) is 0 Å². The summed E-state index contributed by atoms with van der Waals surface area (Å²) in [6.07, 6.45) is 3.10. The van der Waals surface area contributed by atoms with Crippen LogP contribution in [0.4, 0.5) is 0 Å². The molecule has 2 saturated heterocycles. The van der Waals surface area contributed by atoms with Crippen molar-refractivity contribution < 1.29 is 14.4 Å². The Bertz CT molecular complexity index is 772. The Morgan fingerprint density at radius 3 is 2.85 bits per heavy atom. The summed E-state index contributed by atoms with van der Waals surface area (Å²) in [7, 11) is 0. The molecule has 3 N–H and O–H groups in total. The van der Waals surface area contributed by atoms with Gasteiger partial charge in [0.2, 0.25) is 11.8 Å². The van der Waals surface area contributed by atoms with Gasteiger partial charge >= 0.3 is 0 Å². The molecule has 4 rings (SSSR count). The van der Waals surface area contributed by atoms with Gasteiger partial charge in [-0.05, 0) is 49.9 Å². The highest BCUT2D eigenvalue weighted by Gasteiger charge is 2.39. The average molecular weight is 370 g/mol. The number of hydrogen-bond acceptors (Lipinski definition) is 5. The Morgan fingerprint density at radius 1 is 1.26 bits per heavy atom. The minimum atomic E-state index is -0.558. The van der Waals surface area contributed by atoms with Crippen molar-refractivity contribution in [2.75, 3.05) is 6.54 Å². The second-order valence-corrected chi connectivity index (χ2v) is 7.76. The number of carbonyl (C=O) groups is 3. The van der Waals surface area contributed by atoms with Crippen molar-refractivity contribution in [1.82, 2.24) is 20.9 Å². The number of benzene rings is 1. The summed E-state index contributed by atoms with van der Waals surface area (Å²) < 4.78 is 0. The zero-order valence-electron chi connectivity index (χ0n) is 15.6. The van der Waals surface area contributed by atoms with E-state index < -0.39 is 6.04 Å². The molecule has 3 aliphatic heterocycles. The summed E-state index contributed by atoms with van der Waals surface area (Å²) in [5.74, 6) is -0.755. The number of hydrogen-bond donors (Lipinski definition) is 3. The number of amides is 3. The van der Waals surface area contributed by atoms with Gasteiger partial charge in [-0.15, -0.1) is 0 Å². The van der Waals surface area contributed by atoms with E-state index >= 15 is 0 Å². The molecule has 3 aliphatic rings. The second kappa shape index (κ2) is 7.40. The Kier molecular flexibility index (Phi) is 4.97. The molecule has 0 bridgehead atoms. The first-order chi connectivity index (χ1) is 13.0. The standard InChI is InChI=1S/C20H26N4O3/c1-12(16-3-2-8-21-16)22-10-13-4-5-15-14(9-13)11-24(20(15)27)17-6-7-18(25)23-19(17)26/h4-5,9,12,16-17,21-22H,2-3,6-8,10-11H2,1H3,(H,23,25,26)/t12-,16-,17?/m0/s1.